The van der Waals surface area contributed by atoms with Crippen LogP contribution in [0.4, 0.5) is 5.82 Å². The molecule has 102 valence electrons. The summed E-state index contributed by atoms with van der Waals surface area (Å²) in [6.45, 7) is 6.37. The quantitative estimate of drug-likeness (QED) is 0.863. The van der Waals surface area contributed by atoms with Crippen LogP contribution in [0.2, 0.25) is 0 Å². The Morgan fingerprint density at radius 1 is 1.50 bits per heavy atom. The normalized spacial score (nSPS) is 12.7. The van der Waals surface area contributed by atoms with Crippen LogP contribution >= 0.6 is 15.9 Å². The fourth-order valence-electron chi connectivity index (χ4n) is 1.14. The number of halogens is 1. The van der Waals surface area contributed by atoms with E-state index in [0.717, 1.165) is 6.42 Å². The molecule has 0 aliphatic rings. The molecule has 3 N–H and O–H groups in total. The zero-order chi connectivity index (χ0) is 14.0. The molecule has 0 amide bonds. The third-order valence-electron chi connectivity index (χ3n) is 2.84. The first kappa shape index (κ1) is 15.4. The van der Waals surface area contributed by atoms with Gasteiger partial charge in [-0.15, -0.1) is 0 Å². The first-order valence-electron chi connectivity index (χ1n) is 5.58. The van der Waals surface area contributed by atoms with E-state index in [-0.39, 0.29) is 16.1 Å². The molecule has 0 unspecified atom stereocenters. The lowest BCUT2D eigenvalue weighted by Crippen LogP contribution is -2.34. The van der Waals surface area contributed by atoms with Gasteiger partial charge in [0.05, 0.1) is 0 Å². The Bertz CT molecular complexity index is 529. The maximum atomic E-state index is 12.1. The minimum Gasteiger partial charge on any atom is -0.383 e. The molecule has 0 saturated carbocycles. The molecule has 18 heavy (non-hydrogen) atoms. The second-order valence-electron chi connectivity index (χ2n) is 4.88. The van der Waals surface area contributed by atoms with Crippen LogP contribution in [0.15, 0.2) is 21.6 Å². The standard InChI is InChI=1S/C11H18BrN3O2S/c1-4-11(2,3)7-15-18(16,17)9-5-8(12)6-14-10(9)13/h5-6,15H,4,7H2,1-3H3,(H2,13,14). The van der Waals surface area contributed by atoms with E-state index in [9.17, 15) is 8.42 Å². The Hall–Kier alpha value is -0.660. The molecule has 0 fully saturated rings. The molecule has 0 aliphatic carbocycles. The minimum atomic E-state index is -3.62. The molecule has 0 radical (unpaired) electrons. The van der Waals surface area contributed by atoms with E-state index in [0.29, 0.717) is 11.0 Å². The summed E-state index contributed by atoms with van der Waals surface area (Å²) in [7, 11) is -3.62. The summed E-state index contributed by atoms with van der Waals surface area (Å²) in [6, 6.07) is 1.45. The van der Waals surface area contributed by atoms with Crippen LogP contribution in [0.5, 0.6) is 0 Å². The summed E-state index contributed by atoms with van der Waals surface area (Å²) < 4.78 is 27.4. The maximum absolute atomic E-state index is 12.1. The van der Waals surface area contributed by atoms with Crippen LogP contribution in [-0.2, 0) is 10.0 Å². The van der Waals surface area contributed by atoms with Crippen molar-refractivity contribution in [1.29, 1.82) is 0 Å². The van der Waals surface area contributed by atoms with E-state index >= 15 is 0 Å². The van der Waals surface area contributed by atoms with E-state index in [1.807, 2.05) is 20.8 Å². The molecule has 1 heterocycles. The monoisotopic (exact) mass is 335 g/mol. The largest absolute Gasteiger partial charge is 0.383 e. The predicted octanol–water partition coefficient (Wildman–Crippen LogP) is 2.14. The molecule has 1 aromatic heterocycles. The van der Waals surface area contributed by atoms with Gasteiger partial charge in [-0.1, -0.05) is 20.8 Å². The highest BCUT2D eigenvalue weighted by Crippen LogP contribution is 2.22. The van der Waals surface area contributed by atoms with E-state index < -0.39 is 10.0 Å². The summed E-state index contributed by atoms with van der Waals surface area (Å²) in [4.78, 5) is 3.82. The van der Waals surface area contributed by atoms with Gasteiger partial charge < -0.3 is 5.73 Å². The van der Waals surface area contributed by atoms with Crippen molar-refractivity contribution < 1.29 is 8.42 Å². The third kappa shape index (κ3) is 3.93. The minimum absolute atomic E-state index is 0.00000425. The lowest BCUT2D eigenvalue weighted by atomic mass is 9.91. The highest BCUT2D eigenvalue weighted by Gasteiger charge is 2.23. The average molecular weight is 336 g/mol. The van der Waals surface area contributed by atoms with Crippen molar-refractivity contribution in [2.45, 2.75) is 32.1 Å². The van der Waals surface area contributed by atoms with Crippen molar-refractivity contribution in [1.82, 2.24) is 9.71 Å². The molecule has 0 atom stereocenters. The van der Waals surface area contributed by atoms with Crippen LogP contribution in [0, 0.1) is 5.41 Å². The van der Waals surface area contributed by atoms with Gasteiger partial charge in [-0.25, -0.2) is 18.1 Å². The number of sulfonamides is 1. The lowest BCUT2D eigenvalue weighted by Gasteiger charge is -2.22. The molecule has 0 aliphatic heterocycles. The van der Waals surface area contributed by atoms with Gasteiger partial charge >= 0.3 is 0 Å². The highest BCUT2D eigenvalue weighted by molar-refractivity contribution is 9.10. The number of nitrogens with zero attached hydrogens (tertiary/aromatic N) is 1. The van der Waals surface area contributed by atoms with Crippen molar-refractivity contribution in [3.05, 3.63) is 16.7 Å². The Morgan fingerprint density at radius 3 is 2.67 bits per heavy atom. The number of rotatable bonds is 5. The van der Waals surface area contributed by atoms with Gasteiger partial charge in [0.2, 0.25) is 10.0 Å². The molecular weight excluding hydrogens is 318 g/mol. The van der Waals surface area contributed by atoms with Crippen LogP contribution in [-0.4, -0.2) is 19.9 Å². The second kappa shape index (κ2) is 5.54. The zero-order valence-corrected chi connectivity index (χ0v) is 13.1. The number of nitrogens with two attached hydrogens (primary N) is 1. The molecule has 0 spiro atoms. The van der Waals surface area contributed by atoms with E-state index in [2.05, 4.69) is 25.6 Å². The number of hydrogen-bond acceptors (Lipinski definition) is 4. The Kier molecular flexibility index (Phi) is 4.74. The van der Waals surface area contributed by atoms with Crippen molar-refractivity contribution in [3.8, 4) is 0 Å². The van der Waals surface area contributed by atoms with Crippen LogP contribution in [0.3, 0.4) is 0 Å². The molecular formula is C11H18BrN3O2S. The SMILES string of the molecule is CCC(C)(C)CNS(=O)(=O)c1cc(Br)cnc1N. The summed E-state index contributed by atoms with van der Waals surface area (Å²) in [5.74, 6) is 0.00000425. The fraction of sp³-hybridized carbons (Fsp3) is 0.545. The summed E-state index contributed by atoms with van der Waals surface area (Å²) in [6.07, 6.45) is 2.34. The van der Waals surface area contributed by atoms with Crippen LogP contribution in [0.25, 0.3) is 0 Å². The second-order valence-corrected chi connectivity index (χ2v) is 7.53. The summed E-state index contributed by atoms with van der Waals surface area (Å²) in [5.41, 5.74) is 5.50. The number of aromatic nitrogens is 1. The number of hydrogen-bond donors (Lipinski definition) is 2. The molecule has 1 rings (SSSR count). The molecule has 5 nitrogen and oxygen atoms in total. The van der Waals surface area contributed by atoms with Gasteiger partial charge in [-0.05, 0) is 33.8 Å². The Morgan fingerprint density at radius 2 is 2.11 bits per heavy atom. The zero-order valence-electron chi connectivity index (χ0n) is 10.7. The number of pyridine rings is 1. The van der Waals surface area contributed by atoms with E-state index in [4.69, 9.17) is 5.73 Å². The molecule has 0 aromatic carbocycles. The summed E-state index contributed by atoms with van der Waals surface area (Å²) >= 11 is 3.18. The predicted molar refractivity (Wildman–Crippen MR) is 75.6 cm³/mol. The van der Waals surface area contributed by atoms with Gasteiger partial charge in [0.25, 0.3) is 0 Å². The van der Waals surface area contributed by atoms with Gasteiger partial charge in [0.15, 0.2) is 0 Å². The molecule has 0 saturated heterocycles. The summed E-state index contributed by atoms with van der Waals surface area (Å²) in [5, 5.41) is 0. The van der Waals surface area contributed by atoms with Crippen molar-refractivity contribution in [2.75, 3.05) is 12.3 Å². The van der Waals surface area contributed by atoms with Gasteiger partial charge in [0, 0.05) is 17.2 Å². The maximum Gasteiger partial charge on any atom is 0.244 e. The third-order valence-corrected chi connectivity index (χ3v) is 4.70. The van der Waals surface area contributed by atoms with Gasteiger partial charge in [-0.3, -0.25) is 0 Å². The van der Waals surface area contributed by atoms with E-state index in [1.165, 1.54) is 12.3 Å². The smallest absolute Gasteiger partial charge is 0.244 e. The van der Waals surface area contributed by atoms with E-state index in [1.54, 1.807) is 0 Å². The topological polar surface area (TPSA) is 85.1 Å². The highest BCUT2D eigenvalue weighted by atomic mass is 79.9. The van der Waals surface area contributed by atoms with Crippen molar-refractivity contribution in [2.24, 2.45) is 5.41 Å². The first-order valence-corrected chi connectivity index (χ1v) is 7.86. The Balaban J connectivity index is 2.97. The fourth-order valence-corrected chi connectivity index (χ4v) is 2.97. The number of anilines is 1. The number of nitrogen functional groups attached to an aromatic ring is 1. The first-order chi connectivity index (χ1) is 8.18. The van der Waals surface area contributed by atoms with Gasteiger partial charge in [0.1, 0.15) is 10.7 Å². The van der Waals surface area contributed by atoms with Crippen molar-refractivity contribution >= 4 is 31.8 Å². The number of nitrogens with one attached hydrogen (secondary N) is 1. The molecule has 7 heteroatoms. The van der Waals surface area contributed by atoms with Crippen LogP contribution in [0.1, 0.15) is 27.2 Å². The van der Waals surface area contributed by atoms with Crippen molar-refractivity contribution in [3.63, 3.8) is 0 Å². The molecule has 1 aromatic rings. The van der Waals surface area contributed by atoms with Crippen LogP contribution < -0.4 is 10.5 Å². The van der Waals surface area contributed by atoms with Gasteiger partial charge in [-0.2, -0.15) is 0 Å². The average Bonchev–Trinajstić information content (AvgIpc) is 2.30. The Labute approximate surface area is 116 Å². The lowest BCUT2D eigenvalue weighted by molar-refractivity contribution is 0.350. The molecule has 0 bridgehead atoms.